The van der Waals surface area contributed by atoms with E-state index in [0.29, 0.717) is 37.4 Å². The van der Waals surface area contributed by atoms with Gasteiger partial charge in [0.05, 0.1) is 11.2 Å². The number of carbonyl (C=O) groups is 3. The van der Waals surface area contributed by atoms with E-state index in [0.717, 1.165) is 16.5 Å². The molecule has 0 radical (unpaired) electrons. The summed E-state index contributed by atoms with van der Waals surface area (Å²) in [6, 6.07) is 13.9. The van der Waals surface area contributed by atoms with Crippen LogP contribution >= 0.6 is 0 Å². The van der Waals surface area contributed by atoms with Gasteiger partial charge < -0.3 is 14.5 Å². The summed E-state index contributed by atoms with van der Waals surface area (Å²) in [7, 11) is 0. The second kappa shape index (κ2) is 10.2. The van der Waals surface area contributed by atoms with Gasteiger partial charge in [0, 0.05) is 55.0 Å². The molecule has 1 aromatic heterocycles. The molecule has 1 amide bonds. The van der Waals surface area contributed by atoms with Crippen molar-refractivity contribution in [2.75, 3.05) is 37.7 Å². The quantitative estimate of drug-likeness (QED) is 0.318. The number of ketones is 1. The number of ether oxygens (including phenoxy) is 1. The molecule has 7 nitrogen and oxygen atoms in total. The predicted octanol–water partition coefficient (Wildman–Crippen LogP) is 3.48. The minimum Gasteiger partial charge on any atom is -0.452 e. The summed E-state index contributed by atoms with van der Waals surface area (Å²) in [6.45, 7) is 2.65. The molecule has 0 bridgehead atoms. The molecule has 8 heteroatoms. The highest BCUT2D eigenvalue weighted by Crippen LogP contribution is 2.22. The first-order chi connectivity index (χ1) is 16.4. The summed E-state index contributed by atoms with van der Waals surface area (Å²) in [4.78, 5) is 43.7. The number of halogens is 1. The van der Waals surface area contributed by atoms with E-state index in [2.05, 4.69) is 4.98 Å². The van der Waals surface area contributed by atoms with Gasteiger partial charge in [-0.05, 0) is 37.3 Å². The van der Waals surface area contributed by atoms with E-state index in [-0.39, 0.29) is 18.3 Å². The van der Waals surface area contributed by atoms with E-state index in [1.807, 2.05) is 35.2 Å². The molecule has 1 aliphatic heterocycles. The first kappa shape index (κ1) is 23.1. The van der Waals surface area contributed by atoms with Gasteiger partial charge in [-0.3, -0.25) is 14.6 Å². The van der Waals surface area contributed by atoms with Crippen LogP contribution in [0.3, 0.4) is 0 Å². The van der Waals surface area contributed by atoms with E-state index >= 15 is 0 Å². The fourth-order valence-electron chi connectivity index (χ4n) is 3.87. The van der Waals surface area contributed by atoms with Gasteiger partial charge in [0.2, 0.25) is 0 Å². The summed E-state index contributed by atoms with van der Waals surface area (Å²) in [5.74, 6) is -1.58. The lowest BCUT2D eigenvalue weighted by atomic mass is 10.1. The molecule has 0 spiro atoms. The predicted molar refractivity (Wildman–Crippen MR) is 127 cm³/mol. The number of rotatable bonds is 6. The lowest BCUT2D eigenvalue weighted by molar-refractivity contribution is -0.148. The van der Waals surface area contributed by atoms with Gasteiger partial charge in [-0.1, -0.05) is 24.3 Å². The van der Waals surface area contributed by atoms with Gasteiger partial charge in [0.15, 0.2) is 12.4 Å². The Bertz CT molecular complexity index is 1260. The smallest absolute Gasteiger partial charge is 0.331 e. The summed E-state index contributed by atoms with van der Waals surface area (Å²) in [6.07, 6.45) is 4.58. The number of para-hydroxylation sites is 1. The number of pyridine rings is 1. The topological polar surface area (TPSA) is 79.8 Å². The Morgan fingerprint density at radius 3 is 2.56 bits per heavy atom. The maximum absolute atomic E-state index is 14.4. The van der Waals surface area contributed by atoms with Crippen LogP contribution in [0, 0.1) is 5.82 Å². The van der Waals surface area contributed by atoms with Crippen molar-refractivity contribution in [1.29, 1.82) is 0 Å². The van der Waals surface area contributed by atoms with Gasteiger partial charge in [0.1, 0.15) is 5.82 Å². The number of hydrogen-bond acceptors (Lipinski definition) is 6. The zero-order chi connectivity index (χ0) is 24.1. The van der Waals surface area contributed by atoms with Crippen molar-refractivity contribution >= 4 is 40.3 Å². The van der Waals surface area contributed by atoms with E-state index in [4.69, 9.17) is 4.74 Å². The van der Waals surface area contributed by atoms with Crippen molar-refractivity contribution in [3.05, 3.63) is 77.7 Å². The minimum atomic E-state index is -0.618. The summed E-state index contributed by atoms with van der Waals surface area (Å²) >= 11 is 0. The highest BCUT2D eigenvalue weighted by Gasteiger charge is 2.23. The number of benzene rings is 2. The van der Waals surface area contributed by atoms with Crippen molar-refractivity contribution in [3.8, 4) is 0 Å². The van der Waals surface area contributed by atoms with E-state index in [9.17, 15) is 18.8 Å². The molecule has 3 aromatic rings. The van der Waals surface area contributed by atoms with Crippen LogP contribution in [0.15, 0.2) is 60.8 Å². The average Bonchev–Trinajstić information content (AvgIpc) is 2.86. The van der Waals surface area contributed by atoms with Crippen LogP contribution in [0.1, 0.15) is 22.8 Å². The Morgan fingerprint density at radius 2 is 1.82 bits per heavy atom. The van der Waals surface area contributed by atoms with Gasteiger partial charge >= 0.3 is 5.97 Å². The van der Waals surface area contributed by atoms with Gasteiger partial charge in [-0.2, -0.15) is 0 Å². The molecule has 2 aromatic carbocycles. The van der Waals surface area contributed by atoms with Crippen LogP contribution in [0.5, 0.6) is 0 Å². The van der Waals surface area contributed by atoms with Gasteiger partial charge in [-0.15, -0.1) is 0 Å². The summed E-state index contributed by atoms with van der Waals surface area (Å²) in [5.41, 5.74) is 2.27. The number of Topliss-reactive ketones (excluding diaryl/α,β-unsaturated/α-hetero) is 1. The minimum absolute atomic E-state index is 0.195. The molecular formula is C26H24FN3O4. The molecule has 2 heterocycles. The number of esters is 1. The third-order valence-electron chi connectivity index (χ3n) is 5.73. The number of carbonyl (C=O) groups excluding carboxylic acids is 3. The van der Waals surface area contributed by atoms with Crippen molar-refractivity contribution in [3.63, 3.8) is 0 Å². The normalized spacial score (nSPS) is 13.9. The number of fused-ring (bicyclic) bond motifs is 1. The fourth-order valence-corrected chi connectivity index (χ4v) is 3.87. The number of anilines is 1. The highest BCUT2D eigenvalue weighted by molar-refractivity contribution is 5.95. The largest absolute Gasteiger partial charge is 0.452 e. The van der Waals surface area contributed by atoms with Gasteiger partial charge in [-0.25, -0.2) is 9.18 Å². The zero-order valence-electron chi connectivity index (χ0n) is 18.7. The Morgan fingerprint density at radius 1 is 1.06 bits per heavy atom. The van der Waals surface area contributed by atoms with E-state index in [1.54, 1.807) is 29.3 Å². The summed E-state index contributed by atoms with van der Waals surface area (Å²) in [5, 5.41) is 0.960. The SMILES string of the molecule is CC(=O)c1ccc(N2CCN(C(=O)COC(=O)C=Cc3cccc4cccnc34)CC2)c(F)c1. The molecule has 1 fully saturated rings. The van der Waals surface area contributed by atoms with Crippen LogP contribution in [0.4, 0.5) is 10.1 Å². The average molecular weight is 461 g/mol. The van der Waals surface area contributed by atoms with Gasteiger partial charge in [0.25, 0.3) is 5.91 Å². The Hall–Kier alpha value is -4.07. The molecular weight excluding hydrogens is 437 g/mol. The maximum atomic E-state index is 14.4. The molecule has 0 unspecified atom stereocenters. The number of hydrogen-bond donors (Lipinski definition) is 0. The van der Waals surface area contributed by atoms with Crippen LogP contribution in [-0.4, -0.2) is 60.3 Å². The Kier molecular flexibility index (Phi) is 6.96. The molecule has 0 atom stereocenters. The van der Waals surface area contributed by atoms with Crippen LogP contribution in [-0.2, 0) is 14.3 Å². The number of amides is 1. The molecule has 0 N–H and O–H groups in total. The number of nitrogens with zero attached hydrogens (tertiary/aromatic N) is 3. The Balaban J connectivity index is 1.27. The monoisotopic (exact) mass is 461 g/mol. The van der Waals surface area contributed by atoms with Crippen molar-refractivity contribution in [2.24, 2.45) is 0 Å². The second-order valence-electron chi connectivity index (χ2n) is 7.95. The van der Waals surface area contributed by atoms with Crippen LogP contribution in [0.2, 0.25) is 0 Å². The first-order valence-electron chi connectivity index (χ1n) is 10.9. The van der Waals surface area contributed by atoms with Crippen LogP contribution < -0.4 is 4.90 Å². The lowest BCUT2D eigenvalue weighted by Crippen LogP contribution is -2.50. The molecule has 1 aliphatic rings. The lowest BCUT2D eigenvalue weighted by Gasteiger charge is -2.36. The van der Waals surface area contributed by atoms with E-state index in [1.165, 1.54) is 19.1 Å². The number of aromatic nitrogens is 1. The summed E-state index contributed by atoms with van der Waals surface area (Å²) < 4.78 is 19.5. The van der Waals surface area contributed by atoms with Crippen molar-refractivity contribution in [2.45, 2.75) is 6.92 Å². The standard InChI is InChI=1S/C26H24FN3O4/c1-18(31)21-7-9-23(22(27)16-21)29-12-14-30(15-13-29)24(32)17-34-25(33)10-8-20-5-2-4-19-6-3-11-28-26(19)20/h2-11,16H,12-15,17H2,1H3. The number of piperazine rings is 1. The highest BCUT2D eigenvalue weighted by atomic mass is 19.1. The Labute approximate surface area is 196 Å². The van der Waals surface area contributed by atoms with E-state index < -0.39 is 11.8 Å². The molecule has 174 valence electrons. The van der Waals surface area contributed by atoms with Crippen LogP contribution in [0.25, 0.3) is 17.0 Å². The molecule has 0 saturated carbocycles. The molecule has 34 heavy (non-hydrogen) atoms. The first-order valence-corrected chi connectivity index (χ1v) is 10.9. The third-order valence-corrected chi connectivity index (χ3v) is 5.73. The third kappa shape index (κ3) is 5.28. The fraction of sp³-hybridized carbons (Fsp3) is 0.231. The van der Waals surface area contributed by atoms with Crippen molar-refractivity contribution in [1.82, 2.24) is 9.88 Å². The van der Waals surface area contributed by atoms with Crippen molar-refractivity contribution < 1.29 is 23.5 Å². The maximum Gasteiger partial charge on any atom is 0.331 e. The molecule has 4 rings (SSSR count). The molecule has 1 saturated heterocycles. The zero-order valence-corrected chi connectivity index (χ0v) is 18.7. The second-order valence-corrected chi connectivity index (χ2v) is 7.95. The molecule has 0 aliphatic carbocycles.